The van der Waals surface area contributed by atoms with Gasteiger partial charge >= 0.3 is 0 Å². The molecular formula is C24H28N2O3. The summed E-state index contributed by atoms with van der Waals surface area (Å²) in [6.45, 7) is 5.01. The number of carbonyl (C=O) groups is 1. The fourth-order valence-corrected chi connectivity index (χ4v) is 3.37. The first-order chi connectivity index (χ1) is 14.1. The fourth-order valence-electron chi connectivity index (χ4n) is 3.37. The molecule has 1 heterocycles. The van der Waals surface area contributed by atoms with Crippen LogP contribution in [0.2, 0.25) is 0 Å². The van der Waals surface area contributed by atoms with Crippen molar-refractivity contribution in [3.8, 4) is 11.5 Å². The lowest BCUT2D eigenvalue weighted by atomic mass is 10.0. The van der Waals surface area contributed by atoms with Gasteiger partial charge in [0, 0.05) is 18.9 Å². The third kappa shape index (κ3) is 5.41. The van der Waals surface area contributed by atoms with Gasteiger partial charge in [0.1, 0.15) is 0 Å². The Kier molecular flexibility index (Phi) is 6.95. The number of aromatic nitrogens is 1. The largest absolute Gasteiger partial charge is 0.493 e. The van der Waals surface area contributed by atoms with Gasteiger partial charge in [0.2, 0.25) is 5.91 Å². The number of hydrogen-bond acceptors (Lipinski definition) is 3. The Labute approximate surface area is 172 Å². The van der Waals surface area contributed by atoms with Crippen molar-refractivity contribution in [2.45, 2.75) is 32.9 Å². The molecule has 0 saturated heterocycles. The van der Waals surface area contributed by atoms with Crippen LogP contribution in [0.15, 0.2) is 67.0 Å². The third-order valence-electron chi connectivity index (χ3n) is 4.81. The number of methoxy groups -OCH3 is 1. The van der Waals surface area contributed by atoms with Crippen LogP contribution in [-0.4, -0.2) is 24.2 Å². The molecule has 0 bridgehead atoms. The van der Waals surface area contributed by atoms with Gasteiger partial charge < -0.3 is 19.4 Å². The van der Waals surface area contributed by atoms with Crippen molar-refractivity contribution < 1.29 is 14.3 Å². The van der Waals surface area contributed by atoms with E-state index in [1.54, 1.807) is 7.11 Å². The van der Waals surface area contributed by atoms with Gasteiger partial charge in [-0.05, 0) is 49.2 Å². The van der Waals surface area contributed by atoms with Gasteiger partial charge in [-0.3, -0.25) is 4.79 Å². The minimum atomic E-state index is -0.0419. The fraction of sp³-hybridized carbons (Fsp3) is 0.292. The van der Waals surface area contributed by atoms with Crippen LogP contribution in [0.5, 0.6) is 11.5 Å². The molecule has 5 nitrogen and oxygen atoms in total. The summed E-state index contributed by atoms with van der Waals surface area (Å²) >= 11 is 0. The summed E-state index contributed by atoms with van der Waals surface area (Å²) in [5.41, 5.74) is 3.27. The predicted octanol–water partition coefficient (Wildman–Crippen LogP) is 4.50. The Bertz CT molecular complexity index is 935. The van der Waals surface area contributed by atoms with Crippen molar-refractivity contribution in [2.24, 2.45) is 0 Å². The SMILES string of the molecule is CCOc1ccc(CNC(=O)C[C@@H](c2cccc(C)c2)n2cccc2)cc1OC. The molecule has 0 aliphatic heterocycles. The Morgan fingerprint density at radius 1 is 1.07 bits per heavy atom. The second-order valence-corrected chi connectivity index (χ2v) is 6.96. The minimum Gasteiger partial charge on any atom is -0.493 e. The van der Waals surface area contributed by atoms with Crippen LogP contribution < -0.4 is 14.8 Å². The molecule has 3 aromatic rings. The predicted molar refractivity (Wildman–Crippen MR) is 114 cm³/mol. The van der Waals surface area contributed by atoms with Crippen LogP contribution in [0.4, 0.5) is 0 Å². The first-order valence-electron chi connectivity index (χ1n) is 9.86. The number of ether oxygens (including phenoxy) is 2. The number of amides is 1. The molecule has 1 N–H and O–H groups in total. The zero-order valence-corrected chi connectivity index (χ0v) is 17.2. The van der Waals surface area contributed by atoms with E-state index >= 15 is 0 Å². The Balaban J connectivity index is 1.68. The minimum absolute atomic E-state index is 0.00180. The number of rotatable bonds is 9. The van der Waals surface area contributed by atoms with E-state index in [9.17, 15) is 4.79 Å². The molecule has 0 spiro atoms. The summed E-state index contributed by atoms with van der Waals surface area (Å²) < 4.78 is 13.0. The molecule has 29 heavy (non-hydrogen) atoms. The lowest BCUT2D eigenvalue weighted by Gasteiger charge is -2.20. The topological polar surface area (TPSA) is 52.5 Å². The first kappa shape index (κ1) is 20.5. The number of benzene rings is 2. The van der Waals surface area contributed by atoms with E-state index < -0.39 is 0 Å². The quantitative estimate of drug-likeness (QED) is 0.583. The van der Waals surface area contributed by atoms with Crippen molar-refractivity contribution in [2.75, 3.05) is 13.7 Å². The smallest absolute Gasteiger partial charge is 0.222 e. The summed E-state index contributed by atoms with van der Waals surface area (Å²) in [4.78, 5) is 12.7. The molecule has 0 aliphatic carbocycles. The second kappa shape index (κ2) is 9.82. The number of nitrogens with one attached hydrogen (secondary N) is 1. The van der Waals surface area contributed by atoms with Gasteiger partial charge in [-0.1, -0.05) is 35.9 Å². The van der Waals surface area contributed by atoms with E-state index in [-0.39, 0.29) is 11.9 Å². The van der Waals surface area contributed by atoms with Crippen LogP contribution in [0.25, 0.3) is 0 Å². The maximum Gasteiger partial charge on any atom is 0.222 e. The molecule has 0 saturated carbocycles. The van der Waals surface area contributed by atoms with Gasteiger partial charge in [-0.15, -0.1) is 0 Å². The Morgan fingerprint density at radius 3 is 2.55 bits per heavy atom. The molecule has 0 aliphatic rings. The summed E-state index contributed by atoms with van der Waals surface area (Å²) in [7, 11) is 1.61. The zero-order valence-electron chi connectivity index (χ0n) is 17.2. The van der Waals surface area contributed by atoms with Gasteiger partial charge in [0.05, 0.1) is 26.2 Å². The first-order valence-corrected chi connectivity index (χ1v) is 9.86. The highest BCUT2D eigenvalue weighted by Gasteiger charge is 2.17. The molecule has 0 radical (unpaired) electrons. The maximum atomic E-state index is 12.7. The van der Waals surface area contributed by atoms with Crippen molar-refractivity contribution in [3.63, 3.8) is 0 Å². The molecule has 1 atom stereocenters. The molecule has 152 valence electrons. The highest BCUT2D eigenvalue weighted by atomic mass is 16.5. The third-order valence-corrected chi connectivity index (χ3v) is 4.81. The maximum absolute atomic E-state index is 12.7. The lowest BCUT2D eigenvalue weighted by molar-refractivity contribution is -0.121. The average Bonchev–Trinajstić information content (AvgIpc) is 3.26. The molecular weight excluding hydrogens is 364 g/mol. The van der Waals surface area contributed by atoms with Crippen molar-refractivity contribution in [1.29, 1.82) is 0 Å². The average molecular weight is 392 g/mol. The molecule has 0 unspecified atom stereocenters. The highest BCUT2D eigenvalue weighted by molar-refractivity contribution is 5.77. The molecule has 1 aromatic heterocycles. The van der Waals surface area contributed by atoms with Crippen molar-refractivity contribution in [3.05, 3.63) is 83.7 Å². The van der Waals surface area contributed by atoms with E-state index in [1.807, 2.05) is 55.7 Å². The van der Waals surface area contributed by atoms with E-state index in [0.29, 0.717) is 31.1 Å². The Morgan fingerprint density at radius 2 is 1.86 bits per heavy atom. The van der Waals surface area contributed by atoms with Gasteiger partial charge in [-0.25, -0.2) is 0 Å². The van der Waals surface area contributed by atoms with Crippen LogP contribution in [-0.2, 0) is 11.3 Å². The second-order valence-electron chi connectivity index (χ2n) is 6.96. The van der Waals surface area contributed by atoms with E-state index in [0.717, 1.165) is 11.1 Å². The van der Waals surface area contributed by atoms with E-state index in [2.05, 4.69) is 35.0 Å². The monoisotopic (exact) mass is 392 g/mol. The van der Waals surface area contributed by atoms with Crippen LogP contribution in [0, 0.1) is 6.92 Å². The number of hydrogen-bond donors (Lipinski definition) is 1. The summed E-state index contributed by atoms with van der Waals surface area (Å²) in [6.07, 6.45) is 4.36. The van der Waals surface area contributed by atoms with E-state index in [4.69, 9.17) is 9.47 Å². The van der Waals surface area contributed by atoms with Crippen LogP contribution in [0.1, 0.15) is 36.1 Å². The number of nitrogens with zero attached hydrogens (tertiary/aromatic N) is 1. The molecule has 3 rings (SSSR count). The molecule has 1 amide bonds. The zero-order chi connectivity index (χ0) is 20.6. The normalized spacial score (nSPS) is 11.7. The van der Waals surface area contributed by atoms with Gasteiger partial charge in [-0.2, -0.15) is 0 Å². The number of aryl methyl sites for hydroxylation is 1. The number of carbonyl (C=O) groups excluding carboxylic acids is 1. The highest BCUT2D eigenvalue weighted by Crippen LogP contribution is 2.28. The summed E-state index contributed by atoms with van der Waals surface area (Å²) in [5, 5.41) is 3.03. The van der Waals surface area contributed by atoms with E-state index in [1.165, 1.54) is 5.56 Å². The Hall–Kier alpha value is -3.21. The van der Waals surface area contributed by atoms with Gasteiger partial charge in [0.25, 0.3) is 0 Å². The van der Waals surface area contributed by atoms with Crippen LogP contribution >= 0.6 is 0 Å². The summed E-state index contributed by atoms with van der Waals surface area (Å²) in [6, 6.07) is 17.9. The molecule has 5 heteroatoms. The van der Waals surface area contributed by atoms with Crippen molar-refractivity contribution >= 4 is 5.91 Å². The molecule has 2 aromatic carbocycles. The lowest BCUT2D eigenvalue weighted by Crippen LogP contribution is -2.26. The van der Waals surface area contributed by atoms with Gasteiger partial charge in [0.15, 0.2) is 11.5 Å². The van der Waals surface area contributed by atoms with Crippen molar-refractivity contribution in [1.82, 2.24) is 9.88 Å². The molecule has 0 fully saturated rings. The standard InChI is InChI=1S/C24H28N2O3/c1-4-29-22-11-10-19(15-23(22)28-3)17-25-24(27)16-21(26-12-5-6-13-26)20-9-7-8-18(2)14-20/h5-15,21H,4,16-17H2,1-3H3,(H,25,27)/t21-/m0/s1. The van der Waals surface area contributed by atoms with Crippen LogP contribution in [0.3, 0.4) is 0 Å². The summed E-state index contributed by atoms with van der Waals surface area (Å²) in [5.74, 6) is 1.37.